The molecule has 10 aromatic rings. The number of phenolic OH excluding ortho intramolecular Hbond substituents is 1. The van der Waals surface area contributed by atoms with Crippen LogP contribution in [-0.2, 0) is 37.3 Å². The Kier molecular flexibility index (Phi) is 10.1. The van der Waals surface area contributed by atoms with Crippen LogP contribution >= 0.6 is 0 Å². The summed E-state index contributed by atoms with van der Waals surface area (Å²) in [5.41, 5.74) is 9.30. The molecule has 0 saturated carbocycles. The topological polar surface area (TPSA) is 50.9 Å². The minimum atomic E-state index is -3.41. The number of aromatic nitrogens is 3. The van der Waals surface area contributed by atoms with E-state index in [-0.39, 0.29) is 48.8 Å². The zero-order valence-corrected chi connectivity index (χ0v) is 44.2. The van der Waals surface area contributed by atoms with Crippen LogP contribution < -0.4 is 0 Å². The first-order valence-corrected chi connectivity index (χ1v) is 24.2. The molecule has 73 heavy (non-hydrogen) atoms. The minimum Gasteiger partial charge on any atom is -0.507 e. The van der Waals surface area contributed by atoms with Crippen LogP contribution in [0.15, 0.2) is 182 Å². The molecule has 4 nitrogen and oxygen atoms in total. The van der Waals surface area contributed by atoms with Crippen LogP contribution in [0.3, 0.4) is 0 Å². The van der Waals surface area contributed by atoms with Crippen molar-refractivity contribution in [3.8, 4) is 89.7 Å². The predicted molar refractivity (Wildman–Crippen MR) is 303 cm³/mol. The summed E-state index contributed by atoms with van der Waals surface area (Å²) in [6, 6.07) is 58.2. The Labute approximate surface area is 464 Å². The molecule has 5 heteroatoms. The minimum absolute atomic E-state index is 0. The fraction of sp³-hybridized carbons (Fsp3) is 0.206. The molecule has 1 N–H and O–H groups in total. The van der Waals surface area contributed by atoms with Crippen molar-refractivity contribution in [1.82, 2.24) is 14.5 Å². The SMILES string of the molecule is [2H]C([2H])([2H])c1cc(-c2c(-c3ccccc3)cccc2C(C)(C)C)ccc1-n1c(-c2cc(C(C)(C)C)cc(C)c2O)nc2c(-c3[c-]c(-c4cc(-c5ccc(C(C([2H])([2H])[2H])(C([2H])([2H])[2H])C([2H])([2H])[2H])cc5)ccn4)cc(-c4ccccc4)c3)cccc21.[Pt]. The number of phenols is 1. The van der Waals surface area contributed by atoms with Gasteiger partial charge in [0.05, 0.1) is 22.3 Å². The summed E-state index contributed by atoms with van der Waals surface area (Å²) >= 11 is 0. The van der Waals surface area contributed by atoms with E-state index in [4.69, 9.17) is 22.3 Å². The van der Waals surface area contributed by atoms with Gasteiger partial charge in [-0.05, 0) is 127 Å². The van der Waals surface area contributed by atoms with E-state index in [1.54, 1.807) is 18.3 Å². The molecule has 0 aliphatic carbocycles. The van der Waals surface area contributed by atoms with Gasteiger partial charge in [-0.15, -0.1) is 23.8 Å². The van der Waals surface area contributed by atoms with E-state index in [0.29, 0.717) is 67.2 Å². The zero-order valence-electron chi connectivity index (χ0n) is 53.9. The van der Waals surface area contributed by atoms with Crippen LogP contribution in [-0.4, -0.2) is 19.6 Å². The van der Waals surface area contributed by atoms with Gasteiger partial charge < -0.3 is 5.11 Å². The van der Waals surface area contributed by atoms with Gasteiger partial charge in [-0.3, -0.25) is 9.55 Å². The van der Waals surface area contributed by atoms with Crippen molar-refractivity contribution >= 4 is 11.0 Å². The van der Waals surface area contributed by atoms with Gasteiger partial charge in [0.1, 0.15) is 11.6 Å². The monoisotopic (exact) mass is 1150 g/mol. The molecular formula is C68H64N3OPt-. The molecule has 0 amide bonds. The van der Waals surface area contributed by atoms with Gasteiger partial charge >= 0.3 is 0 Å². The molecule has 10 rings (SSSR count). The Bertz CT molecular complexity index is 4080. The fourth-order valence-electron chi connectivity index (χ4n) is 9.68. The second-order valence-corrected chi connectivity index (χ2v) is 20.8. The number of imidazole rings is 1. The third kappa shape index (κ3) is 10.0. The molecule has 0 saturated heterocycles. The number of aryl methyl sites for hydroxylation is 2. The number of aromatic hydroxyl groups is 1. The molecule has 0 atom stereocenters. The smallest absolute Gasteiger partial charge is 0.148 e. The largest absolute Gasteiger partial charge is 0.507 e. The number of fused-ring (bicyclic) bond motifs is 1. The van der Waals surface area contributed by atoms with Gasteiger partial charge in [0.15, 0.2) is 0 Å². The zero-order chi connectivity index (χ0) is 60.7. The number of hydrogen-bond donors (Lipinski definition) is 1. The second kappa shape index (κ2) is 19.7. The van der Waals surface area contributed by atoms with Gasteiger partial charge in [-0.25, -0.2) is 4.98 Å². The summed E-state index contributed by atoms with van der Waals surface area (Å²) in [4.78, 5) is 10.3. The van der Waals surface area contributed by atoms with Crippen LogP contribution in [0.4, 0.5) is 0 Å². The maximum absolute atomic E-state index is 12.2. The third-order valence-corrected chi connectivity index (χ3v) is 13.5. The first kappa shape index (κ1) is 37.6. The van der Waals surface area contributed by atoms with Crippen LogP contribution in [0.1, 0.15) is 106 Å². The fourth-order valence-corrected chi connectivity index (χ4v) is 9.68. The molecule has 0 aliphatic rings. The Balaban J connectivity index is 0.00000865. The van der Waals surface area contributed by atoms with Crippen molar-refractivity contribution in [1.29, 1.82) is 0 Å². The quantitative estimate of drug-likeness (QED) is 0.154. The van der Waals surface area contributed by atoms with Gasteiger partial charge in [0.2, 0.25) is 0 Å². The standard InChI is InChI=1S/C68H64N3O.Pt/c1-43-36-49(62-55(47-22-16-13-17-23-47)24-18-26-58(62)68(9,10)11)30-33-60(43)71-61-27-19-25-56(63(61)70-65(71)57-42-54(67(6,7)8)37-44(2)64(57)72)51-38-50(45-20-14-12-15-21-45)39-52(40-51)59-41-48(34-35-69-59)46-28-31-53(32-29-46)66(3,4)5;/h12-39,41-42,72H,1-11H3;/q-1;/i1D3,3D3,4D3,5D3;. The number of pyridine rings is 1. The van der Waals surface area contributed by atoms with Crippen LogP contribution in [0.25, 0.3) is 95.0 Å². The summed E-state index contributed by atoms with van der Waals surface area (Å²) in [7, 11) is 0. The maximum atomic E-state index is 12.2. The van der Waals surface area contributed by atoms with Gasteiger partial charge in [0.25, 0.3) is 0 Å². The van der Waals surface area contributed by atoms with E-state index in [2.05, 4.69) is 71.9 Å². The third-order valence-electron chi connectivity index (χ3n) is 13.5. The molecule has 0 bridgehead atoms. The average molecular weight is 1150 g/mol. The number of nitrogens with zero attached hydrogens (tertiary/aromatic N) is 3. The Morgan fingerprint density at radius 2 is 1.18 bits per heavy atom. The first-order chi connectivity index (χ1) is 39.3. The van der Waals surface area contributed by atoms with Gasteiger partial charge in [-0.2, -0.15) is 0 Å². The van der Waals surface area contributed by atoms with Crippen molar-refractivity contribution in [2.45, 2.75) is 92.1 Å². The van der Waals surface area contributed by atoms with E-state index < -0.39 is 32.8 Å². The Morgan fingerprint density at radius 1 is 0.521 bits per heavy atom. The number of benzene rings is 8. The number of para-hydroxylation sites is 1. The van der Waals surface area contributed by atoms with E-state index in [1.807, 2.05) is 127 Å². The molecular weight excluding hydrogens is 1070 g/mol. The molecule has 0 aliphatic heterocycles. The molecule has 0 spiro atoms. The molecule has 368 valence electrons. The summed E-state index contributed by atoms with van der Waals surface area (Å²) in [6.07, 6.45) is 1.62. The van der Waals surface area contributed by atoms with Crippen molar-refractivity contribution < 1.29 is 42.6 Å². The van der Waals surface area contributed by atoms with Crippen molar-refractivity contribution in [2.24, 2.45) is 0 Å². The summed E-state index contributed by atoms with van der Waals surface area (Å²) in [5.74, 6) is 0.336. The second-order valence-electron chi connectivity index (χ2n) is 20.8. The van der Waals surface area contributed by atoms with Crippen molar-refractivity contribution in [2.75, 3.05) is 0 Å². The van der Waals surface area contributed by atoms with Gasteiger partial charge in [-0.1, -0.05) is 212 Å². The van der Waals surface area contributed by atoms with E-state index in [1.165, 1.54) is 24.3 Å². The van der Waals surface area contributed by atoms with E-state index in [9.17, 15) is 9.22 Å². The normalized spacial score (nSPS) is 15.1. The van der Waals surface area contributed by atoms with Crippen molar-refractivity contribution in [3.63, 3.8) is 0 Å². The summed E-state index contributed by atoms with van der Waals surface area (Å²) < 4.78 is 104. The van der Waals surface area contributed by atoms with Crippen molar-refractivity contribution in [3.05, 3.63) is 216 Å². The number of hydrogen-bond acceptors (Lipinski definition) is 3. The molecule has 0 fully saturated rings. The summed E-state index contributed by atoms with van der Waals surface area (Å²) in [5, 5.41) is 12.2. The predicted octanol–water partition coefficient (Wildman–Crippen LogP) is 18.1. The average Bonchev–Trinajstić information content (AvgIpc) is 1.66. The Morgan fingerprint density at radius 3 is 1.86 bits per heavy atom. The molecule has 2 heterocycles. The molecule has 0 radical (unpaired) electrons. The Hall–Kier alpha value is -7.13. The van der Waals surface area contributed by atoms with E-state index in [0.717, 1.165) is 44.5 Å². The molecule has 8 aromatic carbocycles. The first-order valence-electron chi connectivity index (χ1n) is 30.2. The molecule has 0 unspecified atom stereocenters. The maximum Gasteiger partial charge on any atom is 0.148 e. The number of rotatable bonds is 8. The molecule has 2 aromatic heterocycles. The summed E-state index contributed by atoms with van der Waals surface area (Å²) in [6.45, 7) is 1.73. The van der Waals surface area contributed by atoms with Crippen LogP contribution in [0.5, 0.6) is 5.75 Å². The van der Waals surface area contributed by atoms with Crippen LogP contribution in [0.2, 0.25) is 0 Å². The van der Waals surface area contributed by atoms with Gasteiger partial charge in [0, 0.05) is 49.4 Å². The van der Waals surface area contributed by atoms with E-state index >= 15 is 0 Å². The van der Waals surface area contributed by atoms with Crippen LogP contribution in [0, 0.1) is 19.8 Å².